The van der Waals surface area contributed by atoms with Crippen molar-refractivity contribution >= 4 is 15.9 Å². The van der Waals surface area contributed by atoms with Crippen molar-refractivity contribution in [2.24, 2.45) is 52.3 Å². The average molecular weight is 531 g/mol. The van der Waals surface area contributed by atoms with Crippen molar-refractivity contribution in [3.63, 3.8) is 0 Å². The van der Waals surface area contributed by atoms with Gasteiger partial charge in [-0.05, 0) is 103 Å². The second-order valence-corrected chi connectivity index (χ2v) is 15.1. The quantitative estimate of drug-likeness (QED) is 0.445. The normalized spacial score (nSPS) is 42.5. The van der Waals surface area contributed by atoms with Crippen LogP contribution >= 0.6 is 0 Å². The molecule has 5 nitrogen and oxygen atoms in total. The van der Waals surface area contributed by atoms with Crippen molar-refractivity contribution in [2.45, 2.75) is 97.0 Å². The van der Waals surface area contributed by atoms with Gasteiger partial charge in [0.05, 0.1) is 17.6 Å². The molecule has 1 aromatic carbocycles. The van der Waals surface area contributed by atoms with E-state index in [1.54, 1.807) is 24.3 Å². The maximum atomic E-state index is 12.8. The number of rotatable bonds is 6. The van der Waals surface area contributed by atoms with Gasteiger partial charge in [0.15, 0.2) is 0 Å². The Balaban J connectivity index is 1.34. The standard InChI is InChI=1S/C31H46O5S/c1-6-23-27-17-21(32)13-15-31(27,5)26-14-16-30(4)24(11-12-25(30)28(26)29(23)33)20(3)18-36-37(34,35)22-9-7-19(2)8-10-22/h7-10,20,23-29,33H,6,11-18H2,1-5H3/t20-,23-,24-,25+,26+,27+,28+,29?,30-,31-/m1/s1. The number of aryl methyl sites for hydroxylation is 1. The molecule has 10 atom stereocenters. The van der Waals surface area contributed by atoms with E-state index in [0.717, 1.165) is 44.1 Å². The molecule has 0 spiro atoms. The lowest BCUT2D eigenvalue weighted by Gasteiger charge is -2.64. The van der Waals surface area contributed by atoms with E-state index in [-0.39, 0.29) is 46.2 Å². The van der Waals surface area contributed by atoms with Gasteiger partial charge in [0.25, 0.3) is 10.1 Å². The third-order valence-electron chi connectivity index (χ3n) is 11.8. The fraction of sp³-hybridized carbons (Fsp3) is 0.774. The molecule has 1 N–H and O–H groups in total. The van der Waals surface area contributed by atoms with E-state index in [2.05, 4.69) is 27.7 Å². The number of aliphatic hydroxyl groups is 1. The van der Waals surface area contributed by atoms with Crippen LogP contribution in [0.1, 0.15) is 84.6 Å². The minimum absolute atomic E-state index is 0.0739. The number of fused-ring (bicyclic) bond motifs is 5. The molecule has 6 heteroatoms. The third-order valence-corrected chi connectivity index (χ3v) is 13.1. The molecule has 5 rings (SSSR count). The summed E-state index contributed by atoms with van der Waals surface area (Å²) in [6.45, 7) is 11.3. The molecule has 1 aromatic rings. The molecule has 0 aromatic heterocycles. The molecule has 4 aliphatic carbocycles. The van der Waals surface area contributed by atoms with Crippen molar-refractivity contribution in [3.8, 4) is 0 Å². The molecule has 4 saturated carbocycles. The van der Waals surface area contributed by atoms with Crippen LogP contribution in [-0.4, -0.2) is 32.0 Å². The number of aliphatic hydroxyl groups excluding tert-OH is 1. The van der Waals surface area contributed by atoms with E-state index in [9.17, 15) is 18.3 Å². The minimum Gasteiger partial charge on any atom is -0.393 e. The maximum Gasteiger partial charge on any atom is 0.296 e. The Labute approximate surface area is 223 Å². The Morgan fingerprint density at radius 1 is 1.03 bits per heavy atom. The van der Waals surface area contributed by atoms with Gasteiger partial charge in [0.2, 0.25) is 0 Å². The van der Waals surface area contributed by atoms with Gasteiger partial charge in [-0.1, -0.05) is 51.8 Å². The van der Waals surface area contributed by atoms with E-state index in [0.29, 0.717) is 42.3 Å². The van der Waals surface area contributed by atoms with Crippen LogP contribution in [-0.2, 0) is 19.1 Å². The predicted octanol–water partition coefficient (Wildman–Crippen LogP) is 6.17. The fourth-order valence-electron chi connectivity index (χ4n) is 9.83. The molecule has 0 saturated heterocycles. The van der Waals surface area contributed by atoms with Gasteiger partial charge in [0, 0.05) is 12.8 Å². The highest BCUT2D eigenvalue weighted by atomic mass is 32.2. The SMILES string of the molecule is CC[C@H]1C(O)[C@@H]2[C@H](CC[C@]3(C)[C@@H]([C@H](C)COS(=O)(=O)c4ccc(C)cc4)CC[C@@H]23)[C@@]2(C)CCC(=O)C[C@@H]12. The Morgan fingerprint density at radius 2 is 1.70 bits per heavy atom. The van der Waals surface area contributed by atoms with Crippen molar-refractivity contribution < 1.29 is 22.5 Å². The zero-order valence-corrected chi connectivity index (χ0v) is 24.1. The van der Waals surface area contributed by atoms with Gasteiger partial charge >= 0.3 is 0 Å². The summed E-state index contributed by atoms with van der Waals surface area (Å²) in [7, 11) is -3.78. The van der Waals surface area contributed by atoms with Gasteiger partial charge in [-0.25, -0.2) is 0 Å². The highest BCUT2D eigenvalue weighted by molar-refractivity contribution is 7.86. The van der Waals surface area contributed by atoms with Crippen LogP contribution in [0.4, 0.5) is 0 Å². The van der Waals surface area contributed by atoms with Crippen LogP contribution < -0.4 is 0 Å². The number of carbonyl (C=O) groups is 1. The highest BCUT2D eigenvalue weighted by Crippen LogP contribution is 2.69. The summed E-state index contributed by atoms with van der Waals surface area (Å²) in [4.78, 5) is 12.7. The molecule has 37 heavy (non-hydrogen) atoms. The van der Waals surface area contributed by atoms with Gasteiger partial charge < -0.3 is 5.11 Å². The van der Waals surface area contributed by atoms with E-state index in [4.69, 9.17) is 4.18 Å². The maximum absolute atomic E-state index is 12.8. The van der Waals surface area contributed by atoms with Gasteiger partial charge in [0.1, 0.15) is 5.78 Å². The summed E-state index contributed by atoms with van der Waals surface area (Å²) >= 11 is 0. The van der Waals surface area contributed by atoms with Crippen LogP contribution in [0.3, 0.4) is 0 Å². The predicted molar refractivity (Wildman–Crippen MR) is 144 cm³/mol. The number of hydrogen-bond donors (Lipinski definition) is 1. The van der Waals surface area contributed by atoms with Gasteiger partial charge in [-0.15, -0.1) is 0 Å². The summed E-state index contributed by atoms with van der Waals surface area (Å²) in [6.07, 6.45) is 7.22. The minimum atomic E-state index is -3.78. The monoisotopic (exact) mass is 530 g/mol. The number of carbonyl (C=O) groups excluding carboxylic acids is 1. The molecular formula is C31H46O5S. The molecule has 0 amide bonds. The Hall–Kier alpha value is -1.24. The zero-order chi connectivity index (χ0) is 26.8. The summed E-state index contributed by atoms with van der Waals surface area (Å²) in [5.41, 5.74) is 1.22. The molecule has 4 fully saturated rings. The first-order valence-corrected chi connectivity index (χ1v) is 16.0. The fourth-order valence-corrected chi connectivity index (χ4v) is 10.8. The van der Waals surface area contributed by atoms with Crippen LogP contribution in [0.25, 0.3) is 0 Å². The summed E-state index contributed by atoms with van der Waals surface area (Å²) < 4.78 is 31.3. The smallest absolute Gasteiger partial charge is 0.296 e. The lowest BCUT2D eigenvalue weighted by molar-refractivity contribution is -0.194. The van der Waals surface area contributed by atoms with Crippen molar-refractivity contribution in [3.05, 3.63) is 29.8 Å². The summed E-state index contributed by atoms with van der Waals surface area (Å²) in [5, 5.41) is 11.8. The van der Waals surface area contributed by atoms with Crippen molar-refractivity contribution in [2.75, 3.05) is 6.61 Å². The lowest BCUT2D eigenvalue weighted by Crippen LogP contribution is -2.62. The molecule has 206 valence electrons. The molecule has 0 heterocycles. The number of ketones is 1. The van der Waals surface area contributed by atoms with Crippen LogP contribution in [0.15, 0.2) is 29.2 Å². The number of benzene rings is 1. The van der Waals surface area contributed by atoms with Gasteiger partial charge in [-0.2, -0.15) is 8.42 Å². The van der Waals surface area contributed by atoms with Crippen LogP contribution in [0.2, 0.25) is 0 Å². The lowest BCUT2D eigenvalue weighted by atomic mass is 9.41. The molecule has 4 aliphatic rings. The van der Waals surface area contributed by atoms with Crippen LogP contribution in [0, 0.1) is 59.2 Å². The van der Waals surface area contributed by atoms with E-state index in [1.807, 2.05) is 6.92 Å². The molecule has 0 aliphatic heterocycles. The van der Waals surface area contributed by atoms with Gasteiger partial charge in [-0.3, -0.25) is 8.98 Å². The zero-order valence-electron chi connectivity index (χ0n) is 23.3. The third kappa shape index (κ3) is 4.43. The first-order chi connectivity index (χ1) is 17.4. The second kappa shape index (κ2) is 9.75. The van der Waals surface area contributed by atoms with E-state index >= 15 is 0 Å². The van der Waals surface area contributed by atoms with E-state index in [1.165, 1.54) is 0 Å². The molecular weight excluding hydrogens is 484 g/mol. The summed E-state index contributed by atoms with van der Waals surface area (Å²) in [5.74, 6) is 2.53. The van der Waals surface area contributed by atoms with Crippen molar-refractivity contribution in [1.29, 1.82) is 0 Å². The Kier molecular flexibility index (Phi) is 7.20. The largest absolute Gasteiger partial charge is 0.393 e. The average Bonchev–Trinajstić information content (AvgIpc) is 3.21. The number of Topliss-reactive ketones (excluding diaryl/α,β-unsaturated/α-hetero) is 1. The molecule has 1 unspecified atom stereocenters. The van der Waals surface area contributed by atoms with Crippen LogP contribution in [0.5, 0.6) is 0 Å². The van der Waals surface area contributed by atoms with E-state index < -0.39 is 10.1 Å². The highest BCUT2D eigenvalue weighted by Gasteiger charge is 2.65. The first kappa shape index (κ1) is 27.3. The Bertz CT molecular complexity index is 1110. The molecule has 0 radical (unpaired) electrons. The topological polar surface area (TPSA) is 80.7 Å². The van der Waals surface area contributed by atoms with Crippen molar-refractivity contribution in [1.82, 2.24) is 0 Å². The molecule has 0 bridgehead atoms. The Morgan fingerprint density at radius 3 is 2.38 bits per heavy atom. The summed E-state index contributed by atoms with van der Waals surface area (Å²) in [6, 6.07) is 6.83. The first-order valence-electron chi connectivity index (χ1n) is 14.6. The second-order valence-electron chi connectivity index (χ2n) is 13.5. The number of hydrogen-bond acceptors (Lipinski definition) is 5.